The molecule has 1 fully saturated rings. The molecule has 32 heavy (non-hydrogen) atoms. The summed E-state index contributed by atoms with van der Waals surface area (Å²) in [6.45, 7) is 9.74. The zero-order valence-electron chi connectivity index (χ0n) is 20.6. The highest BCUT2D eigenvalue weighted by Gasteiger charge is 2.34. The van der Waals surface area contributed by atoms with Crippen molar-refractivity contribution in [2.24, 2.45) is 12.0 Å². The predicted molar refractivity (Wildman–Crippen MR) is 131 cm³/mol. The standard InChI is InChI=1S/C25H40N6O/c1-19(2)23-22(17-31(6)29-23)16-30(5)24(26-4)27-18-25(12-14-32-15-13-25)28-20(3)21-10-8-7-9-11-21/h7-11,17,19-20,28H,12-16,18H2,1-6H3,(H,26,27). The van der Waals surface area contributed by atoms with Crippen molar-refractivity contribution >= 4 is 5.96 Å². The molecule has 1 aliphatic heterocycles. The molecule has 176 valence electrons. The highest BCUT2D eigenvalue weighted by atomic mass is 16.5. The third-order valence-corrected chi connectivity index (χ3v) is 6.32. The van der Waals surface area contributed by atoms with Crippen LogP contribution in [0.15, 0.2) is 41.5 Å². The van der Waals surface area contributed by atoms with Gasteiger partial charge in [-0.25, -0.2) is 0 Å². The van der Waals surface area contributed by atoms with Crippen molar-refractivity contribution in [3.05, 3.63) is 53.3 Å². The Balaban J connectivity index is 1.67. The average molecular weight is 441 g/mol. The van der Waals surface area contributed by atoms with Gasteiger partial charge in [-0.2, -0.15) is 5.10 Å². The Morgan fingerprint density at radius 1 is 1.22 bits per heavy atom. The van der Waals surface area contributed by atoms with Crippen LogP contribution in [-0.2, 0) is 18.3 Å². The quantitative estimate of drug-likeness (QED) is 0.486. The van der Waals surface area contributed by atoms with Crippen LogP contribution < -0.4 is 10.6 Å². The molecule has 0 aliphatic carbocycles. The third kappa shape index (κ3) is 6.11. The minimum atomic E-state index is -0.0400. The molecule has 1 atom stereocenters. The fourth-order valence-corrected chi connectivity index (χ4v) is 4.54. The van der Waals surface area contributed by atoms with E-state index >= 15 is 0 Å². The average Bonchev–Trinajstić information content (AvgIpc) is 3.15. The molecule has 1 saturated heterocycles. The Morgan fingerprint density at radius 2 is 1.91 bits per heavy atom. The van der Waals surface area contributed by atoms with Gasteiger partial charge in [-0.15, -0.1) is 0 Å². The number of guanidine groups is 1. The molecule has 0 radical (unpaired) electrons. The molecule has 2 heterocycles. The van der Waals surface area contributed by atoms with Crippen LogP contribution in [0.5, 0.6) is 0 Å². The van der Waals surface area contributed by atoms with E-state index < -0.39 is 0 Å². The number of benzene rings is 1. The van der Waals surface area contributed by atoms with Crippen LogP contribution in [0.2, 0.25) is 0 Å². The highest BCUT2D eigenvalue weighted by molar-refractivity contribution is 5.79. The molecule has 0 spiro atoms. The van der Waals surface area contributed by atoms with Crippen LogP contribution in [0.3, 0.4) is 0 Å². The van der Waals surface area contributed by atoms with Gasteiger partial charge >= 0.3 is 0 Å². The van der Waals surface area contributed by atoms with Gasteiger partial charge in [-0.3, -0.25) is 9.67 Å². The molecule has 0 saturated carbocycles. The number of hydrogen-bond acceptors (Lipinski definition) is 4. The first-order valence-corrected chi connectivity index (χ1v) is 11.7. The largest absolute Gasteiger partial charge is 0.381 e. The molecule has 1 unspecified atom stereocenters. The fourth-order valence-electron chi connectivity index (χ4n) is 4.54. The minimum Gasteiger partial charge on any atom is -0.381 e. The Labute approximate surface area is 193 Å². The number of hydrogen-bond donors (Lipinski definition) is 2. The highest BCUT2D eigenvalue weighted by Crippen LogP contribution is 2.25. The first-order valence-electron chi connectivity index (χ1n) is 11.7. The predicted octanol–water partition coefficient (Wildman–Crippen LogP) is 3.45. The second-order valence-electron chi connectivity index (χ2n) is 9.29. The van der Waals surface area contributed by atoms with Gasteiger partial charge in [0.15, 0.2) is 5.96 Å². The van der Waals surface area contributed by atoms with E-state index in [1.54, 1.807) is 0 Å². The lowest BCUT2D eigenvalue weighted by atomic mass is 9.88. The second kappa shape index (κ2) is 11.0. The summed E-state index contributed by atoms with van der Waals surface area (Å²) in [5.74, 6) is 1.28. The van der Waals surface area contributed by atoms with Crippen molar-refractivity contribution in [3.8, 4) is 0 Å². The van der Waals surface area contributed by atoms with E-state index in [0.29, 0.717) is 5.92 Å². The van der Waals surface area contributed by atoms with Crippen LogP contribution in [0, 0.1) is 0 Å². The maximum atomic E-state index is 5.69. The molecule has 7 nitrogen and oxygen atoms in total. The number of aromatic nitrogens is 2. The zero-order chi connectivity index (χ0) is 23.1. The molecule has 2 N–H and O–H groups in total. The molecule has 0 amide bonds. The molecule has 7 heteroatoms. The number of rotatable bonds is 8. The molecule has 1 aromatic carbocycles. The Hall–Kier alpha value is -2.38. The van der Waals surface area contributed by atoms with E-state index in [0.717, 1.165) is 50.8 Å². The van der Waals surface area contributed by atoms with E-state index in [2.05, 4.69) is 90.0 Å². The number of nitrogens with zero attached hydrogens (tertiary/aromatic N) is 4. The summed E-state index contributed by atoms with van der Waals surface area (Å²) in [5.41, 5.74) is 3.65. The van der Waals surface area contributed by atoms with Gasteiger partial charge in [-0.05, 0) is 31.2 Å². The van der Waals surface area contributed by atoms with Gasteiger partial charge in [0, 0.05) is 70.8 Å². The molecule has 3 rings (SSSR count). The van der Waals surface area contributed by atoms with Gasteiger partial charge in [-0.1, -0.05) is 44.2 Å². The molecule has 2 aromatic rings. The van der Waals surface area contributed by atoms with Crippen molar-refractivity contribution in [2.45, 2.75) is 57.7 Å². The molecule has 1 aliphatic rings. The van der Waals surface area contributed by atoms with Crippen LogP contribution in [0.4, 0.5) is 0 Å². The maximum Gasteiger partial charge on any atom is 0.193 e. The molecular weight excluding hydrogens is 400 g/mol. The summed E-state index contributed by atoms with van der Waals surface area (Å²) in [4.78, 5) is 6.74. The summed E-state index contributed by atoms with van der Waals surface area (Å²) in [6, 6.07) is 10.9. The fraction of sp³-hybridized carbons (Fsp3) is 0.600. The monoisotopic (exact) mass is 440 g/mol. The van der Waals surface area contributed by atoms with E-state index in [9.17, 15) is 0 Å². The SMILES string of the molecule is CN=C(NCC1(NC(C)c2ccccc2)CCOCC1)N(C)Cc1cn(C)nc1C(C)C. The molecule has 0 bridgehead atoms. The Bertz CT molecular complexity index is 870. The number of ether oxygens (including phenoxy) is 1. The first kappa shape index (κ1) is 24.3. The number of aryl methyl sites for hydroxylation is 1. The zero-order valence-corrected chi connectivity index (χ0v) is 20.6. The van der Waals surface area contributed by atoms with Crippen LogP contribution in [0.1, 0.15) is 62.4 Å². The number of nitrogens with one attached hydrogen (secondary N) is 2. The Morgan fingerprint density at radius 3 is 2.53 bits per heavy atom. The van der Waals surface area contributed by atoms with Crippen molar-refractivity contribution in [1.82, 2.24) is 25.3 Å². The van der Waals surface area contributed by atoms with Crippen molar-refractivity contribution < 1.29 is 4.74 Å². The van der Waals surface area contributed by atoms with Crippen molar-refractivity contribution in [3.63, 3.8) is 0 Å². The molecular formula is C25H40N6O. The summed E-state index contributed by atoms with van der Waals surface area (Å²) in [7, 11) is 5.92. The van der Waals surface area contributed by atoms with Gasteiger partial charge in [0.2, 0.25) is 0 Å². The van der Waals surface area contributed by atoms with Crippen LogP contribution in [0.25, 0.3) is 0 Å². The van der Waals surface area contributed by atoms with Gasteiger partial charge in [0.1, 0.15) is 0 Å². The smallest absolute Gasteiger partial charge is 0.193 e. The first-order chi connectivity index (χ1) is 15.3. The number of aliphatic imine (C=N–C) groups is 1. The van der Waals surface area contributed by atoms with Gasteiger partial charge in [0.05, 0.1) is 5.69 Å². The summed E-state index contributed by atoms with van der Waals surface area (Å²) >= 11 is 0. The normalized spacial score (nSPS) is 17.4. The lowest BCUT2D eigenvalue weighted by Gasteiger charge is -2.41. The van der Waals surface area contributed by atoms with Crippen molar-refractivity contribution in [1.29, 1.82) is 0 Å². The van der Waals surface area contributed by atoms with Crippen LogP contribution in [-0.4, -0.2) is 60.0 Å². The summed E-state index contributed by atoms with van der Waals surface area (Å²) < 4.78 is 7.60. The lowest BCUT2D eigenvalue weighted by molar-refractivity contribution is 0.0353. The summed E-state index contributed by atoms with van der Waals surface area (Å²) in [6.07, 6.45) is 4.05. The third-order valence-electron chi connectivity index (χ3n) is 6.32. The van der Waals surface area contributed by atoms with E-state index in [1.165, 1.54) is 11.1 Å². The van der Waals surface area contributed by atoms with Gasteiger partial charge < -0.3 is 20.3 Å². The summed E-state index contributed by atoms with van der Waals surface area (Å²) in [5, 5.41) is 12.2. The Kier molecular flexibility index (Phi) is 8.32. The second-order valence-corrected chi connectivity index (χ2v) is 9.29. The van der Waals surface area contributed by atoms with Crippen LogP contribution >= 0.6 is 0 Å². The van der Waals surface area contributed by atoms with E-state index in [-0.39, 0.29) is 11.6 Å². The lowest BCUT2D eigenvalue weighted by Crippen LogP contribution is -2.58. The van der Waals surface area contributed by atoms with E-state index in [1.807, 2.05) is 18.8 Å². The molecule has 1 aromatic heterocycles. The van der Waals surface area contributed by atoms with E-state index in [4.69, 9.17) is 4.74 Å². The van der Waals surface area contributed by atoms with Crippen molar-refractivity contribution in [2.75, 3.05) is 33.9 Å². The maximum absolute atomic E-state index is 5.69. The van der Waals surface area contributed by atoms with Gasteiger partial charge in [0.25, 0.3) is 0 Å². The minimum absolute atomic E-state index is 0.0400. The topological polar surface area (TPSA) is 66.7 Å².